The lowest BCUT2D eigenvalue weighted by Gasteiger charge is -2.34. The van der Waals surface area contributed by atoms with E-state index < -0.39 is 0 Å². The zero-order valence-electron chi connectivity index (χ0n) is 13.1. The van der Waals surface area contributed by atoms with Crippen LogP contribution in [-0.4, -0.2) is 11.0 Å². The average Bonchev–Trinajstić information content (AvgIpc) is 2.90. The van der Waals surface area contributed by atoms with Crippen LogP contribution in [0.3, 0.4) is 0 Å². The maximum Gasteiger partial charge on any atom is 0.191 e. The van der Waals surface area contributed by atoms with Crippen LogP contribution in [0, 0.1) is 18.8 Å². The highest BCUT2D eigenvalue weighted by Crippen LogP contribution is 2.31. The van der Waals surface area contributed by atoms with Crippen LogP contribution in [0.1, 0.15) is 39.0 Å². The first-order valence-electron chi connectivity index (χ1n) is 7.91. The second kappa shape index (κ2) is 5.92. The van der Waals surface area contributed by atoms with Gasteiger partial charge in [-0.25, -0.2) is 4.98 Å². The molecule has 1 aromatic heterocycles. The van der Waals surface area contributed by atoms with Gasteiger partial charge in [-0.15, -0.1) is 0 Å². The fourth-order valence-corrected chi connectivity index (χ4v) is 3.18. The van der Waals surface area contributed by atoms with Gasteiger partial charge in [0.25, 0.3) is 0 Å². The van der Waals surface area contributed by atoms with Gasteiger partial charge in [-0.2, -0.15) is 0 Å². The fraction of sp³-hybridized carbons (Fsp3) is 0.500. The largest absolute Gasteiger partial charge is 0.449 e. The molecule has 3 nitrogen and oxygen atoms in total. The molecular formula is C18H24N2O. The summed E-state index contributed by atoms with van der Waals surface area (Å²) in [7, 11) is 0. The van der Waals surface area contributed by atoms with Crippen LogP contribution in [0.5, 0.6) is 0 Å². The Kier molecular flexibility index (Phi) is 4.00. The van der Waals surface area contributed by atoms with Crippen LogP contribution < -0.4 is 5.32 Å². The highest BCUT2D eigenvalue weighted by Gasteiger charge is 2.25. The van der Waals surface area contributed by atoms with Gasteiger partial charge in [0.1, 0.15) is 12.0 Å². The predicted molar refractivity (Wildman–Crippen MR) is 86.3 cm³/mol. The summed E-state index contributed by atoms with van der Waals surface area (Å²) >= 11 is 0. The molecule has 3 unspecified atom stereocenters. The standard InChI is InChI=1S/C18H24N2O/c1-12-4-5-13(2)17(10-12)20-16-8-6-15(7-9-16)18-11-21-14(3)19-18/h6-9,11-13,17,20H,4-5,10H2,1-3H3. The molecule has 112 valence electrons. The summed E-state index contributed by atoms with van der Waals surface area (Å²) in [6.45, 7) is 6.58. The third-order valence-corrected chi connectivity index (χ3v) is 4.61. The van der Waals surface area contributed by atoms with E-state index in [9.17, 15) is 0 Å². The molecule has 0 saturated heterocycles. The van der Waals surface area contributed by atoms with E-state index in [1.165, 1.54) is 24.9 Å². The quantitative estimate of drug-likeness (QED) is 0.872. The maximum atomic E-state index is 5.27. The molecule has 1 aliphatic carbocycles. The predicted octanol–water partition coefficient (Wildman–Crippen LogP) is 4.89. The van der Waals surface area contributed by atoms with Crippen molar-refractivity contribution in [2.45, 2.75) is 46.1 Å². The molecule has 21 heavy (non-hydrogen) atoms. The van der Waals surface area contributed by atoms with E-state index in [0.717, 1.165) is 23.1 Å². The minimum atomic E-state index is 0.592. The number of benzene rings is 1. The molecule has 1 aromatic carbocycles. The third-order valence-electron chi connectivity index (χ3n) is 4.61. The van der Waals surface area contributed by atoms with E-state index in [-0.39, 0.29) is 0 Å². The minimum Gasteiger partial charge on any atom is -0.449 e. The van der Waals surface area contributed by atoms with Gasteiger partial charge < -0.3 is 9.73 Å². The summed E-state index contributed by atoms with van der Waals surface area (Å²) < 4.78 is 5.27. The Balaban J connectivity index is 1.69. The first kappa shape index (κ1) is 14.2. The summed E-state index contributed by atoms with van der Waals surface area (Å²) in [6.07, 6.45) is 5.67. The van der Waals surface area contributed by atoms with Gasteiger partial charge in [-0.1, -0.05) is 32.4 Å². The molecule has 1 fully saturated rings. The topological polar surface area (TPSA) is 38.1 Å². The van der Waals surface area contributed by atoms with E-state index in [2.05, 4.69) is 48.4 Å². The van der Waals surface area contributed by atoms with Crippen LogP contribution in [0.4, 0.5) is 5.69 Å². The molecule has 2 aromatic rings. The first-order chi connectivity index (χ1) is 10.1. The molecule has 0 radical (unpaired) electrons. The van der Waals surface area contributed by atoms with Gasteiger partial charge in [0.05, 0.1) is 0 Å². The van der Waals surface area contributed by atoms with Crippen molar-refractivity contribution in [1.29, 1.82) is 0 Å². The molecule has 1 N–H and O–H groups in total. The van der Waals surface area contributed by atoms with E-state index >= 15 is 0 Å². The van der Waals surface area contributed by atoms with Gasteiger partial charge >= 0.3 is 0 Å². The van der Waals surface area contributed by atoms with Crippen molar-refractivity contribution in [1.82, 2.24) is 4.98 Å². The number of hydrogen-bond acceptors (Lipinski definition) is 3. The summed E-state index contributed by atoms with van der Waals surface area (Å²) in [5.41, 5.74) is 3.20. The molecular weight excluding hydrogens is 260 g/mol. The zero-order valence-corrected chi connectivity index (χ0v) is 13.1. The van der Waals surface area contributed by atoms with Crippen molar-refractivity contribution in [2.75, 3.05) is 5.32 Å². The van der Waals surface area contributed by atoms with Crippen LogP contribution in [0.25, 0.3) is 11.3 Å². The smallest absolute Gasteiger partial charge is 0.191 e. The number of aryl methyl sites for hydroxylation is 1. The highest BCUT2D eigenvalue weighted by atomic mass is 16.3. The first-order valence-corrected chi connectivity index (χ1v) is 7.91. The molecule has 1 saturated carbocycles. The van der Waals surface area contributed by atoms with Crippen molar-refractivity contribution in [3.63, 3.8) is 0 Å². The number of nitrogens with one attached hydrogen (secondary N) is 1. The Morgan fingerprint density at radius 3 is 2.57 bits per heavy atom. The highest BCUT2D eigenvalue weighted by molar-refractivity contribution is 5.62. The molecule has 3 rings (SSSR count). The Morgan fingerprint density at radius 1 is 1.14 bits per heavy atom. The van der Waals surface area contributed by atoms with Crippen LogP contribution >= 0.6 is 0 Å². The van der Waals surface area contributed by atoms with Crippen molar-refractivity contribution in [3.8, 4) is 11.3 Å². The van der Waals surface area contributed by atoms with Gasteiger partial charge in [0.15, 0.2) is 5.89 Å². The Hall–Kier alpha value is -1.77. The molecule has 0 amide bonds. The lowest BCUT2D eigenvalue weighted by Crippen LogP contribution is -2.33. The van der Waals surface area contributed by atoms with E-state index in [0.29, 0.717) is 11.9 Å². The summed E-state index contributed by atoms with van der Waals surface area (Å²) in [5, 5.41) is 3.70. The number of rotatable bonds is 3. The Labute approximate surface area is 126 Å². The molecule has 0 bridgehead atoms. The molecule has 1 aliphatic rings. The van der Waals surface area contributed by atoms with Crippen molar-refractivity contribution in [3.05, 3.63) is 36.4 Å². The fourth-order valence-electron chi connectivity index (χ4n) is 3.18. The number of aromatic nitrogens is 1. The average molecular weight is 284 g/mol. The van der Waals surface area contributed by atoms with Gasteiger partial charge in [0, 0.05) is 24.2 Å². The Morgan fingerprint density at radius 2 is 1.90 bits per heavy atom. The maximum absolute atomic E-state index is 5.27. The third kappa shape index (κ3) is 3.29. The normalized spacial score (nSPS) is 25.8. The van der Waals surface area contributed by atoms with Gasteiger partial charge in [-0.3, -0.25) is 0 Å². The molecule has 3 atom stereocenters. The molecule has 1 heterocycles. The van der Waals surface area contributed by atoms with Crippen LogP contribution in [-0.2, 0) is 0 Å². The second-order valence-electron chi connectivity index (χ2n) is 6.48. The van der Waals surface area contributed by atoms with Gasteiger partial charge in [0.2, 0.25) is 0 Å². The molecule has 0 aliphatic heterocycles. The summed E-state index contributed by atoms with van der Waals surface area (Å²) in [6, 6.07) is 9.10. The minimum absolute atomic E-state index is 0.592. The van der Waals surface area contributed by atoms with Gasteiger partial charge in [-0.05, 0) is 36.8 Å². The monoisotopic (exact) mass is 284 g/mol. The lowest BCUT2D eigenvalue weighted by molar-refractivity contribution is 0.281. The SMILES string of the molecule is Cc1nc(-c2ccc(NC3CC(C)CCC3C)cc2)co1. The van der Waals surface area contributed by atoms with Crippen molar-refractivity contribution >= 4 is 5.69 Å². The van der Waals surface area contributed by atoms with Crippen LogP contribution in [0.15, 0.2) is 34.9 Å². The van der Waals surface area contributed by atoms with E-state index in [4.69, 9.17) is 4.42 Å². The zero-order chi connectivity index (χ0) is 14.8. The number of nitrogens with zero attached hydrogens (tertiary/aromatic N) is 1. The second-order valence-corrected chi connectivity index (χ2v) is 6.48. The van der Waals surface area contributed by atoms with Crippen LogP contribution in [0.2, 0.25) is 0 Å². The summed E-state index contributed by atoms with van der Waals surface area (Å²) in [5.74, 6) is 2.28. The lowest BCUT2D eigenvalue weighted by atomic mass is 9.80. The molecule has 0 spiro atoms. The van der Waals surface area contributed by atoms with E-state index in [1.54, 1.807) is 6.26 Å². The summed E-state index contributed by atoms with van der Waals surface area (Å²) in [4.78, 5) is 4.36. The number of anilines is 1. The Bertz CT molecular complexity index is 588. The van der Waals surface area contributed by atoms with E-state index in [1.807, 2.05) is 6.92 Å². The van der Waals surface area contributed by atoms with Crippen molar-refractivity contribution < 1.29 is 4.42 Å². The number of oxazole rings is 1. The van der Waals surface area contributed by atoms with Crippen molar-refractivity contribution in [2.24, 2.45) is 11.8 Å². The number of hydrogen-bond donors (Lipinski definition) is 1. The molecule has 3 heteroatoms.